The van der Waals surface area contributed by atoms with Gasteiger partial charge in [0.25, 0.3) is 0 Å². The lowest BCUT2D eigenvalue weighted by molar-refractivity contribution is 0.105. The summed E-state index contributed by atoms with van der Waals surface area (Å²) in [5, 5.41) is 0. The van der Waals surface area contributed by atoms with Gasteiger partial charge in [0.15, 0.2) is 17.5 Å². The smallest absolute Gasteiger partial charge is 0.194 e. The lowest BCUT2D eigenvalue weighted by Gasteiger charge is -2.39. The third kappa shape index (κ3) is 3.77. The lowest BCUT2D eigenvalue weighted by Crippen LogP contribution is -2.44. The van der Waals surface area contributed by atoms with Gasteiger partial charge in [-0.05, 0) is 49.5 Å². The van der Waals surface area contributed by atoms with E-state index in [4.69, 9.17) is 5.73 Å². The zero-order valence-corrected chi connectivity index (χ0v) is 12.4. The van der Waals surface area contributed by atoms with Gasteiger partial charge in [-0.1, -0.05) is 19.8 Å². The van der Waals surface area contributed by atoms with Crippen LogP contribution in [0.1, 0.15) is 38.2 Å². The minimum Gasteiger partial charge on any atom is -0.330 e. The van der Waals surface area contributed by atoms with E-state index in [0.29, 0.717) is 30.6 Å². The van der Waals surface area contributed by atoms with E-state index in [0.717, 1.165) is 37.9 Å². The third-order valence-corrected chi connectivity index (χ3v) is 4.48. The Kier molecular flexibility index (Phi) is 5.65. The lowest BCUT2D eigenvalue weighted by atomic mass is 9.83. The standard InChI is InChI=1S/C16H23F3N2/c1-2-21(15-6-4-3-5-12(15)9-20)10-11-7-13(17)16(19)14(18)8-11/h7-8,12,15H,2-6,9-10,20H2,1H3. The van der Waals surface area contributed by atoms with Crippen LogP contribution in [0.2, 0.25) is 0 Å². The van der Waals surface area contributed by atoms with Crippen molar-refractivity contribution in [2.45, 2.75) is 45.2 Å². The molecule has 0 radical (unpaired) electrons. The van der Waals surface area contributed by atoms with Gasteiger partial charge in [0.2, 0.25) is 0 Å². The molecule has 0 saturated heterocycles. The van der Waals surface area contributed by atoms with E-state index in [1.54, 1.807) is 0 Å². The topological polar surface area (TPSA) is 29.3 Å². The van der Waals surface area contributed by atoms with Crippen molar-refractivity contribution in [2.24, 2.45) is 11.7 Å². The summed E-state index contributed by atoms with van der Waals surface area (Å²) < 4.78 is 39.7. The van der Waals surface area contributed by atoms with E-state index in [1.165, 1.54) is 6.42 Å². The molecule has 2 atom stereocenters. The molecule has 1 saturated carbocycles. The van der Waals surface area contributed by atoms with Crippen molar-refractivity contribution in [3.05, 3.63) is 35.1 Å². The third-order valence-electron chi connectivity index (χ3n) is 4.48. The van der Waals surface area contributed by atoms with Gasteiger partial charge in [0.05, 0.1) is 0 Å². The Hall–Kier alpha value is -1.07. The van der Waals surface area contributed by atoms with Crippen molar-refractivity contribution in [2.75, 3.05) is 13.1 Å². The van der Waals surface area contributed by atoms with E-state index >= 15 is 0 Å². The first-order valence-electron chi connectivity index (χ1n) is 7.64. The Labute approximate surface area is 124 Å². The first-order chi connectivity index (χ1) is 10.1. The van der Waals surface area contributed by atoms with Crippen molar-refractivity contribution in [1.82, 2.24) is 4.90 Å². The van der Waals surface area contributed by atoms with Gasteiger partial charge in [-0.15, -0.1) is 0 Å². The molecule has 0 heterocycles. The maximum atomic E-state index is 13.3. The van der Waals surface area contributed by atoms with Crippen molar-refractivity contribution in [3.8, 4) is 0 Å². The second-order valence-electron chi connectivity index (χ2n) is 5.78. The number of nitrogens with two attached hydrogens (primary N) is 1. The quantitative estimate of drug-likeness (QED) is 0.844. The van der Waals surface area contributed by atoms with Gasteiger partial charge < -0.3 is 5.73 Å². The summed E-state index contributed by atoms with van der Waals surface area (Å²) in [6, 6.07) is 2.51. The minimum absolute atomic E-state index is 0.338. The molecule has 2 rings (SSSR count). The maximum Gasteiger partial charge on any atom is 0.194 e. The highest BCUT2D eigenvalue weighted by atomic mass is 19.2. The highest BCUT2D eigenvalue weighted by Gasteiger charge is 2.28. The van der Waals surface area contributed by atoms with E-state index in [9.17, 15) is 13.2 Å². The minimum atomic E-state index is -1.40. The predicted molar refractivity (Wildman–Crippen MR) is 77.2 cm³/mol. The fourth-order valence-electron chi connectivity index (χ4n) is 3.34. The van der Waals surface area contributed by atoms with Gasteiger partial charge in [-0.25, -0.2) is 13.2 Å². The van der Waals surface area contributed by atoms with Crippen LogP contribution in [0.5, 0.6) is 0 Å². The molecule has 1 aliphatic rings. The van der Waals surface area contributed by atoms with Crippen LogP contribution in [0.15, 0.2) is 12.1 Å². The fourth-order valence-corrected chi connectivity index (χ4v) is 3.34. The van der Waals surface area contributed by atoms with Crippen molar-refractivity contribution >= 4 is 0 Å². The van der Waals surface area contributed by atoms with Gasteiger partial charge in [0, 0.05) is 12.6 Å². The summed E-state index contributed by atoms with van der Waals surface area (Å²) >= 11 is 0. The number of benzene rings is 1. The molecule has 0 bridgehead atoms. The van der Waals surface area contributed by atoms with Crippen LogP contribution in [0, 0.1) is 23.4 Å². The highest BCUT2D eigenvalue weighted by Crippen LogP contribution is 2.29. The molecule has 1 aromatic rings. The van der Waals surface area contributed by atoms with Crippen LogP contribution in [-0.2, 0) is 6.54 Å². The molecule has 5 heteroatoms. The number of rotatable bonds is 5. The molecular formula is C16H23F3N2. The number of hydrogen-bond acceptors (Lipinski definition) is 2. The fraction of sp³-hybridized carbons (Fsp3) is 0.625. The van der Waals surface area contributed by atoms with Crippen molar-refractivity contribution < 1.29 is 13.2 Å². The average Bonchev–Trinajstić information content (AvgIpc) is 2.50. The summed E-state index contributed by atoms with van der Waals surface area (Å²) in [7, 11) is 0. The number of hydrogen-bond donors (Lipinski definition) is 1. The molecule has 2 unspecified atom stereocenters. The first-order valence-corrected chi connectivity index (χ1v) is 7.64. The summed E-state index contributed by atoms with van der Waals surface area (Å²) in [5.74, 6) is -3.23. The van der Waals surface area contributed by atoms with Crippen LogP contribution >= 0.6 is 0 Å². The monoisotopic (exact) mass is 300 g/mol. The molecule has 0 aliphatic heterocycles. The van der Waals surface area contributed by atoms with Gasteiger partial charge >= 0.3 is 0 Å². The highest BCUT2D eigenvalue weighted by molar-refractivity contribution is 5.19. The normalized spacial score (nSPS) is 22.8. The second-order valence-corrected chi connectivity index (χ2v) is 5.78. The predicted octanol–water partition coefficient (Wildman–Crippen LogP) is 3.44. The van der Waals surface area contributed by atoms with Crippen LogP contribution < -0.4 is 5.73 Å². The van der Waals surface area contributed by atoms with Crippen molar-refractivity contribution in [3.63, 3.8) is 0 Å². The zero-order valence-electron chi connectivity index (χ0n) is 12.4. The van der Waals surface area contributed by atoms with Crippen LogP contribution in [0.4, 0.5) is 13.2 Å². The van der Waals surface area contributed by atoms with E-state index in [-0.39, 0.29) is 0 Å². The Bertz CT molecular complexity index is 456. The summed E-state index contributed by atoms with van der Waals surface area (Å²) in [6.07, 6.45) is 4.51. The number of nitrogens with zero attached hydrogens (tertiary/aromatic N) is 1. The summed E-state index contributed by atoms with van der Waals surface area (Å²) in [6.45, 7) is 3.86. The molecule has 118 valence electrons. The molecule has 0 amide bonds. The Morgan fingerprint density at radius 1 is 1.14 bits per heavy atom. The Morgan fingerprint density at radius 2 is 1.76 bits per heavy atom. The Morgan fingerprint density at radius 3 is 2.33 bits per heavy atom. The van der Waals surface area contributed by atoms with Crippen molar-refractivity contribution in [1.29, 1.82) is 0 Å². The molecule has 2 nitrogen and oxygen atoms in total. The van der Waals surface area contributed by atoms with Gasteiger partial charge in [-0.2, -0.15) is 0 Å². The van der Waals surface area contributed by atoms with E-state index in [2.05, 4.69) is 4.90 Å². The molecule has 1 fully saturated rings. The van der Waals surface area contributed by atoms with Gasteiger partial charge in [0.1, 0.15) is 0 Å². The van der Waals surface area contributed by atoms with Crippen LogP contribution in [0.25, 0.3) is 0 Å². The van der Waals surface area contributed by atoms with E-state index in [1.807, 2.05) is 6.92 Å². The SMILES string of the molecule is CCN(Cc1cc(F)c(F)c(F)c1)C1CCCCC1CN. The van der Waals surface area contributed by atoms with Crippen LogP contribution in [-0.4, -0.2) is 24.0 Å². The molecule has 1 aromatic carbocycles. The Balaban J connectivity index is 2.14. The van der Waals surface area contributed by atoms with Crippen LogP contribution in [0.3, 0.4) is 0 Å². The van der Waals surface area contributed by atoms with Gasteiger partial charge in [-0.3, -0.25) is 4.90 Å². The maximum absolute atomic E-state index is 13.3. The molecule has 2 N–H and O–H groups in total. The molecule has 0 spiro atoms. The average molecular weight is 300 g/mol. The first kappa shape index (κ1) is 16.3. The van der Waals surface area contributed by atoms with E-state index < -0.39 is 17.5 Å². The molecule has 0 aromatic heterocycles. The zero-order chi connectivity index (χ0) is 15.4. The summed E-state index contributed by atoms with van der Waals surface area (Å²) in [5.41, 5.74) is 6.32. The second kappa shape index (κ2) is 7.27. The largest absolute Gasteiger partial charge is 0.330 e. The number of halogens is 3. The molecular weight excluding hydrogens is 277 g/mol. The molecule has 1 aliphatic carbocycles. The molecule has 21 heavy (non-hydrogen) atoms. The summed E-state index contributed by atoms with van der Waals surface area (Å²) in [4.78, 5) is 2.20.